The number of hydrogen-bond acceptors (Lipinski definition) is 4. The molecule has 5 heteroatoms. The zero-order valence-electron chi connectivity index (χ0n) is 10.2. The molecular weight excluding hydrogens is 220 g/mol. The Labute approximate surface area is 100 Å². The Bertz CT molecular complexity index is 443. The molecule has 0 aliphatic carbocycles. The highest BCUT2D eigenvalue weighted by Crippen LogP contribution is 2.13. The van der Waals surface area contributed by atoms with Gasteiger partial charge in [-0.3, -0.25) is 9.59 Å². The number of methoxy groups -OCH3 is 1. The van der Waals surface area contributed by atoms with Crippen molar-refractivity contribution in [2.45, 2.75) is 6.92 Å². The fourth-order valence-electron chi connectivity index (χ4n) is 1.36. The van der Waals surface area contributed by atoms with Crippen LogP contribution < -0.4 is 5.73 Å². The number of carbonyl (C=O) groups excluding carboxylic acids is 2. The summed E-state index contributed by atoms with van der Waals surface area (Å²) in [5.74, 6) is -0.688. The molecule has 17 heavy (non-hydrogen) atoms. The summed E-state index contributed by atoms with van der Waals surface area (Å²) in [5, 5.41) is 0. The van der Waals surface area contributed by atoms with Crippen molar-refractivity contribution in [1.29, 1.82) is 0 Å². The third-order valence-corrected chi connectivity index (χ3v) is 2.46. The molecule has 0 saturated heterocycles. The second kappa shape index (κ2) is 5.34. The molecule has 0 atom stereocenters. The molecule has 0 fully saturated rings. The molecule has 1 amide bonds. The number of nitrogens with two attached hydrogens (primary N) is 1. The van der Waals surface area contributed by atoms with Crippen molar-refractivity contribution in [2.24, 2.45) is 0 Å². The Morgan fingerprint density at radius 3 is 2.59 bits per heavy atom. The highest BCUT2D eigenvalue weighted by molar-refractivity contribution is 5.96. The summed E-state index contributed by atoms with van der Waals surface area (Å²) >= 11 is 0. The van der Waals surface area contributed by atoms with E-state index in [-0.39, 0.29) is 12.5 Å². The molecule has 0 heterocycles. The molecule has 1 aromatic rings. The Hall–Kier alpha value is -2.04. The molecule has 1 rings (SSSR count). The monoisotopic (exact) mass is 236 g/mol. The average molecular weight is 236 g/mol. The molecule has 0 spiro atoms. The predicted octanol–water partition coefficient (Wildman–Crippen LogP) is 0.822. The number of esters is 1. The van der Waals surface area contributed by atoms with E-state index < -0.39 is 5.97 Å². The van der Waals surface area contributed by atoms with Crippen LogP contribution in [0.5, 0.6) is 0 Å². The second-order valence-electron chi connectivity index (χ2n) is 3.81. The van der Waals surface area contributed by atoms with Gasteiger partial charge in [-0.05, 0) is 30.7 Å². The van der Waals surface area contributed by atoms with Gasteiger partial charge >= 0.3 is 5.97 Å². The second-order valence-corrected chi connectivity index (χ2v) is 3.81. The van der Waals surface area contributed by atoms with Gasteiger partial charge in [0.1, 0.15) is 6.54 Å². The minimum absolute atomic E-state index is 0.0707. The summed E-state index contributed by atoms with van der Waals surface area (Å²) in [5.41, 5.74) is 7.64. The SMILES string of the molecule is COC(=O)CN(C)C(=O)c1ccc(N)c(C)c1. The summed E-state index contributed by atoms with van der Waals surface area (Å²) in [6, 6.07) is 5.01. The minimum atomic E-state index is -0.451. The van der Waals surface area contributed by atoms with Gasteiger partial charge < -0.3 is 15.4 Å². The van der Waals surface area contributed by atoms with Crippen LogP contribution in [0.25, 0.3) is 0 Å². The van der Waals surface area contributed by atoms with E-state index in [0.29, 0.717) is 11.3 Å². The molecule has 0 aliphatic heterocycles. The van der Waals surface area contributed by atoms with Gasteiger partial charge in [-0.15, -0.1) is 0 Å². The van der Waals surface area contributed by atoms with E-state index in [0.717, 1.165) is 5.56 Å². The molecule has 0 aromatic heterocycles. The number of ether oxygens (including phenoxy) is 1. The summed E-state index contributed by atoms with van der Waals surface area (Å²) < 4.78 is 4.50. The predicted molar refractivity (Wildman–Crippen MR) is 64.6 cm³/mol. The smallest absolute Gasteiger partial charge is 0.325 e. The summed E-state index contributed by atoms with van der Waals surface area (Å²) in [7, 11) is 2.83. The van der Waals surface area contributed by atoms with Crippen LogP contribution in [0, 0.1) is 6.92 Å². The van der Waals surface area contributed by atoms with Crippen LogP contribution in [0.1, 0.15) is 15.9 Å². The Balaban J connectivity index is 2.81. The maximum Gasteiger partial charge on any atom is 0.325 e. The van der Waals surface area contributed by atoms with Crippen molar-refractivity contribution < 1.29 is 14.3 Å². The number of carbonyl (C=O) groups is 2. The van der Waals surface area contributed by atoms with Crippen LogP contribution in [0.4, 0.5) is 5.69 Å². The summed E-state index contributed by atoms with van der Waals surface area (Å²) in [6.45, 7) is 1.76. The van der Waals surface area contributed by atoms with Gasteiger partial charge in [0.15, 0.2) is 0 Å². The van der Waals surface area contributed by atoms with Gasteiger partial charge in [-0.25, -0.2) is 0 Å². The Kier molecular flexibility index (Phi) is 4.09. The number of nitrogens with zero attached hydrogens (tertiary/aromatic N) is 1. The third kappa shape index (κ3) is 3.21. The third-order valence-electron chi connectivity index (χ3n) is 2.46. The molecule has 0 saturated carbocycles. The maximum absolute atomic E-state index is 11.9. The van der Waals surface area contributed by atoms with Crippen LogP contribution in [-0.4, -0.2) is 37.5 Å². The van der Waals surface area contributed by atoms with E-state index in [1.807, 2.05) is 6.92 Å². The van der Waals surface area contributed by atoms with E-state index in [2.05, 4.69) is 4.74 Å². The van der Waals surface area contributed by atoms with Crippen LogP contribution in [-0.2, 0) is 9.53 Å². The molecule has 5 nitrogen and oxygen atoms in total. The lowest BCUT2D eigenvalue weighted by atomic mass is 10.1. The molecule has 1 aromatic carbocycles. The van der Waals surface area contributed by atoms with Crippen LogP contribution in [0.3, 0.4) is 0 Å². The number of aryl methyl sites for hydroxylation is 1. The zero-order chi connectivity index (χ0) is 13.0. The summed E-state index contributed by atoms with van der Waals surface area (Å²) in [6.07, 6.45) is 0. The number of benzene rings is 1. The number of anilines is 1. The fraction of sp³-hybridized carbons (Fsp3) is 0.333. The largest absolute Gasteiger partial charge is 0.468 e. The first kappa shape index (κ1) is 13.0. The quantitative estimate of drug-likeness (QED) is 0.623. The van der Waals surface area contributed by atoms with Gasteiger partial charge in [-0.1, -0.05) is 0 Å². The number of amides is 1. The zero-order valence-corrected chi connectivity index (χ0v) is 10.2. The van der Waals surface area contributed by atoms with Crippen LogP contribution in [0.15, 0.2) is 18.2 Å². The highest BCUT2D eigenvalue weighted by atomic mass is 16.5. The molecule has 0 radical (unpaired) electrons. The molecule has 2 N–H and O–H groups in total. The maximum atomic E-state index is 11.9. The molecule has 0 bridgehead atoms. The molecule has 92 valence electrons. The van der Waals surface area contributed by atoms with Gasteiger partial charge in [0, 0.05) is 18.3 Å². The van der Waals surface area contributed by atoms with Crippen molar-refractivity contribution in [3.63, 3.8) is 0 Å². The number of nitrogen functional groups attached to an aromatic ring is 1. The first-order valence-corrected chi connectivity index (χ1v) is 5.14. The minimum Gasteiger partial charge on any atom is -0.468 e. The lowest BCUT2D eigenvalue weighted by Crippen LogP contribution is -2.32. The van der Waals surface area contributed by atoms with E-state index in [4.69, 9.17) is 5.73 Å². The lowest BCUT2D eigenvalue weighted by Gasteiger charge is -2.16. The first-order valence-electron chi connectivity index (χ1n) is 5.14. The fourth-order valence-corrected chi connectivity index (χ4v) is 1.36. The average Bonchev–Trinajstić information content (AvgIpc) is 2.31. The number of rotatable bonds is 3. The normalized spacial score (nSPS) is 9.82. The lowest BCUT2D eigenvalue weighted by molar-refractivity contribution is -0.141. The first-order chi connectivity index (χ1) is 7.95. The van der Waals surface area contributed by atoms with Gasteiger partial charge in [0.2, 0.25) is 0 Å². The van der Waals surface area contributed by atoms with E-state index in [1.54, 1.807) is 25.2 Å². The van der Waals surface area contributed by atoms with Crippen molar-refractivity contribution in [2.75, 3.05) is 26.4 Å². The van der Waals surface area contributed by atoms with Crippen molar-refractivity contribution in [3.8, 4) is 0 Å². The van der Waals surface area contributed by atoms with Crippen LogP contribution >= 0.6 is 0 Å². The summed E-state index contributed by atoms with van der Waals surface area (Å²) in [4.78, 5) is 24.3. The Morgan fingerprint density at radius 1 is 1.41 bits per heavy atom. The number of hydrogen-bond donors (Lipinski definition) is 1. The van der Waals surface area contributed by atoms with E-state index in [9.17, 15) is 9.59 Å². The molecule has 0 unspecified atom stereocenters. The van der Waals surface area contributed by atoms with Gasteiger partial charge in [-0.2, -0.15) is 0 Å². The van der Waals surface area contributed by atoms with Gasteiger partial charge in [0.25, 0.3) is 5.91 Å². The van der Waals surface area contributed by atoms with Crippen LogP contribution in [0.2, 0.25) is 0 Å². The molecular formula is C12H16N2O3. The topological polar surface area (TPSA) is 72.6 Å². The van der Waals surface area contributed by atoms with Crippen molar-refractivity contribution in [1.82, 2.24) is 4.90 Å². The highest BCUT2D eigenvalue weighted by Gasteiger charge is 2.15. The Morgan fingerprint density at radius 2 is 2.06 bits per heavy atom. The number of likely N-dealkylation sites (N-methyl/N-ethyl adjacent to an activating group) is 1. The van der Waals surface area contributed by atoms with Crippen molar-refractivity contribution in [3.05, 3.63) is 29.3 Å². The van der Waals surface area contributed by atoms with E-state index >= 15 is 0 Å². The van der Waals surface area contributed by atoms with Gasteiger partial charge in [0.05, 0.1) is 7.11 Å². The molecule has 0 aliphatic rings. The van der Waals surface area contributed by atoms with E-state index in [1.165, 1.54) is 12.0 Å². The standard InChI is InChI=1S/C12H16N2O3/c1-8-6-9(4-5-10(8)13)12(16)14(2)7-11(15)17-3/h4-6H,7,13H2,1-3H3. The van der Waals surface area contributed by atoms with Crippen molar-refractivity contribution >= 4 is 17.6 Å².